The Bertz CT molecular complexity index is 815. The molecular weight excluding hydrogens is 360 g/mol. The summed E-state index contributed by atoms with van der Waals surface area (Å²) in [6.45, 7) is 3.60. The summed E-state index contributed by atoms with van der Waals surface area (Å²) in [5.74, 6) is -2.02. The maximum absolute atomic E-state index is 11.8. The van der Waals surface area contributed by atoms with Crippen LogP contribution in [0.5, 0.6) is 0 Å². The molecule has 2 rings (SSSR count). The Morgan fingerprint density at radius 3 is 2.32 bits per heavy atom. The van der Waals surface area contributed by atoms with Crippen molar-refractivity contribution in [1.82, 2.24) is 0 Å². The van der Waals surface area contributed by atoms with Crippen molar-refractivity contribution in [2.24, 2.45) is 5.92 Å². The molecule has 0 aliphatic heterocycles. The van der Waals surface area contributed by atoms with Gasteiger partial charge >= 0.3 is 11.9 Å². The maximum Gasteiger partial charge on any atom is 0.386 e. The minimum Gasteiger partial charge on any atom is -0.393 e. The summed E-state index contributed by atoms with van der Waals surface area (Å²) in [5, 5.41) is 20.5. The van der Waals surface area contributed by atoms with Gasteiger partial charge in [-0.2, -0.15) is 0 Å². The van der Waals surface area contributed by atoms with Crippen molar-refractivity contribution in [2.75, 3.05) is 0 Å². The molecule has 6 nitrogen and oxygen atoms in total. The Kier molecular flexibility index (Phi) is 7.92. The Hall–Kier alpha value is -2.96. The summed E-state index contributed by atoms with van der Waals surface area (Å²) in [5.41, 5.74) is 1.43. The fourth-order valence-corrected chi connectivity index (χ4v) is 2.68. The van der Waals surface area contributed by atoms with E-state index in [0.29, 0.717) is 17.5 Å². The van der Waals surface area contributed by atoms with E-state index in [-0.39, 0.29) is 11.5 Å². The molecule has 148 valence electrons. The largest absolute Gasteiger partial charge is 0.393 e. The van der Waals surface area contributed by atoms with Gasteiger partial charge in [0, 0.05) is 12.0 Å². The van der Waals surface area contributed by atoms with Crippen molar-refractivity contribution >= 4 is 18.0 Å². The second-order valence-corrected chi connectivity index (χ2v) is 6.38. The third kappa shape index (κ3) is 5.77. The quantitative estimate of drug-likeness (QED) is 0.431. The second kappa shape index (κ2) is 10.4. The highest BCUT2D eigenvalue weighted by molar-refractivity contribution is 5.91. The zero-order chi connectivity index (χ0) is 20.5. The van der Waals surface area contributed by atoms with E-state index in [9.17, 15) is 19.8 Å². The van der Waals surface area contributed by atoms with Gasteiger partial charge in [-0.05, 0) is 35.8 Å². The number of aliphatic hydroxyl groups is 2. The highest BCUT2D eigenvalue weighted by Crippen LogP contribution is 2.28. The normalized spacial score (nSPS) is 14.3. The van der Waals surface area contributed by atoms with Gasteiger partial charge in [0.2, 0.25) is 0 Å². The molecule has 0 aliphatic carbocycles. The average molecular weight is 384 g/mol. The number of aliphatic hydroxyl groups excluding tert-OH is 2. The molecule has 0 bridgehead atoms. The fourth-order valence-electron chi connectivity index (χ4n) is 2.68. The van der Waals surface area contributed by atoms with Crippen molar-refractivity contribution in [3.63, 3.8) is 0 Å². The summed E-state index contributed by atoms with van der Waals surface area (Å²) in [6.07, 6.45) is 1.54. The van der Waals surface area contributed by atoms with Crippen molar-refractivity contribution < 1.29 is 29.6 Å². The number of rotatable bonds is 7. The number of carbonyl (C=O) groups excluding carboxylic acids is 2. The maximum atomic E-state index is 11.8. The number of hydrogen-bond donors (Lipinski definition) is 2. The highest BCUT2D eigenvalue weighted by Gasteiger charge is 2.24. The van der Waals surface area contributed by atoms with Crippen LogP contribution in [-0.4, -0.2) is 28.3 Å². The summed E-state index contributed by atoms with van der Waals surface area (Å²) in [6, 6.07) is 15.1. The van der Waals surface area contributed by atoms with Crippen LogP contribution in [0.4, 0.5) is 0 Å². The highest BCUT2D eigenvalue weighted by atomic mass is 17.2. The lowest BCUT2D eigenvalue weighted by Gasteiger charge is -2.24. The van der Waals surface area contributed by atoms with Crippen LogP contribution in [0.1, 0.15) is 47.9 Å². The minimum atomic E-state index is -0.900. The molecule has 0 aromatic heterocycles. The van der Waals surface area contributed by atoms with E-state index >= 15 is 0 Å². The van der Waals surface area contributed by atoms with Gasteiger partial charge in [-0.25, -0.2) is 19.4 Å². The Balaban J connectivity index is 2.02. The molecule has 0 saturated heterocycles. The first-order chi connectivity index (χ1) is 13.4. The van der Waals surface area contributed by atoms with Gasteiger partial charge in [0.15, 0.2) is 0 Å². The molecule has 0 fully saturated rings. The first-order valence-corrected chi connectivity index (χ1v) is 9.05. The lowest BCUT2D eigenvalue weighted by Crippen LogP contribution is -2.23. The Morgan fingerprint density at radius 1 is 1.00 bits per heavy atom. The van der Waals surface area contributed by atoms with Gasteiger partial charge in [0.25, 0.3) is 0 Å². The third-order valence-electron chi connectivity index (χ3n) is 4.45. The van der Waals surface area contributed by atoms with Crippen molar-refractivity contribution in [1.29, 1.82) is 0 Å². The minimum absolute atomic E-state index is 0.260. The van der Waals surface area contributed by atoms with E-state index < -0.39 is 24.1 Å². The third-order valence-corrected chi connectivity index (χ3v) is 4.45. The van der Waals surface area contributed by atoms with Gasteiger partial charge in [-0.1, -0.05) is 56.3 Å². The average Bonchev–Trinajstić information content (AvgIpc) is 2.75. The zero-order valence-electron chi connectivity index (χ0n) is 15.8. The van der Waals surface area contributed by atoms with Crippen LogP contribution >= 0.6 is 0 Å². The smallest absolute Gasteiger partial charge is 0.386 e. The molecule has 0 amide bonds. The van der Waals surface area contributed by atoms with E-state index in [1.807, 2.05) is 6.92 Å². The van der Waals surface area contributed by atoms with Crippen LogP contribution in [0.2, 0.25) is 0 Å². The SMILES string of the molecule is CCC(O)C(C)C(O)c1ccccc1/C=C/C(=O)OOC(=O)c1ccccc1. The standard InChI is InChI=1S/C22H24O6/c1-3-19(23)15(2)21(25)18-12-8-7-9-16(18)13-14-20(24)27-28-22(26)17-10-5-4-6-11-17/h4-15,19,21,23,25H,3H2,1-2H3/b14-13+. The molecule has 0 spiro atoms. The van der Waals surface area contributed by atoms with Crippen LogP contribution in [0, 0.1) is 5.92 Å². The van der Waals surface area contributed by atoms with E-state index in [2.05, 4.69) is 9.78 Å². The molecule has 0 heterocycles. The first kappa shape index (κ1) is 21.3. The summed E-state index contributed by atoms with van der Waals surface area (Å²) >= 11 is 0. The van der Waals surface area contributed by atoms with Crippen LogP contribution in [0.15, 0.2) is 60.7 Å². The molecule has 2 N–H and O–H groups in total. The van der Waals surface area contributed by atoms with E-state index in [4.69, 9.17) is 0 Å². The van der Waals surface area contributed by atoms with E-state index in [1.165, 1.54) is 18.2 Å². The van der Waals surface area contributed by atoms with Crippen LogP contribution in [-0.2, 0) is 14.6 Å². The molecule has 2 aromatic carbocycles. The predicted molar refractivity (Wildman–Crippen MR) is 104 cm³/mol. The van der Waals surface area contributed by atoms with Crippen LogP contribution in [0.25, 0.3) is 6.08 Å². The molecule has 3 unspecified atom stereocenters. The predicted octanol–water partition coefficient (Wildman–Crippen LogP) is 3.46. The van der Waals surface area contributed by atoms with Crippen LogP contribution in [0.3, 0.4) is 0 Å². The Morgan fingerprint density at radius 2 is 1.64 bits per heavy atom. The van der Waals surface area contributed by atoms with Gasteiger partial charge < -0.3 is 10.2 Å². The molecule has 3 atom stereocenters. The molecular formula is C22H24O6. The fraction of sp³-hybridized carbons (Fsp3) is 0.273. The lowest BCUT2D eigenvalue weighted by atomic mass is 9.89. The second-order valence-electron chi connectivity index (χ2n) is 6.38. The Labute approximate surface area is 164 Å². The van der Waals surface area contributed by atoms with Crippen molar-refractivity contribution in [3.8, 4) is 0 Å². The van der Waals surface area contributed by atoms with Gasteiger partial charge in [0.1, 0.15) is 0 Å². The summed E-state index contributed by atoms with van der Waals surface area (Å²) < 4.78 is 0. The molecule has 6 heteroatoms. The molecule has 2 aromatic rings. The molecule has 0 aliphatic rings. The molecule has 0 radical (unpaired) electrons. The molecule has 0 saturated carbocycles. The van der Waals surface area contributed by atoms with Gasteiger partial charge in [-0.3, -0.25) is 0 Å². The van der Waals surface area contributed by atoms with Crippen molar-refractivity contribution in [3.05, 3.63) is 77.4 Å². The number of hydrogen-bond acceptors (Lipinski definition) is 6. The zero-order valence-corrected chi connectivity index (χ0v) is 15.8. The number of carbonyl (C=O) groups is 2. The van der Waals surface area contributed by atoms with Gasteiger partial charge in [0.05, 0.1) is 17.8 Å². The van der Waals surface area contributed by atoms with E-state index in [1.54, 1.807) is 49.4 Å². The number of benzene rings is 2. The summed E-state index contributed by atoms with van der Waals surface area (Å²) in [7, 11) is 0. The summed E-state index contributed by atoms with van der Waals surface area (Å²) in [4.78, 5) is 32.6. The van der Waals surface area contributed by atoms with Crippen molar-refractivity contribution in [2.45, 2.75) is 32.5 Å². The van der Waals surface area contributed by atoms with Gasteiger partial charge in [-0.15, -0.1) is 0 Å². The molecule has 28 heavy (non-hydrogen) atoms. The van der Waals surface area contributed by atoms with E-state index in [0.717, 1.165) is 6.08 Å². The lowest BCUT2D eigenvalue weighted by molar-refractivity contribution is -0.228. The monoisotopic (exact) mass is 384 g/mol. The topological polar surface area (TPSA) is 93.1 Å². The first-order valence-electron chi connectivity index (χ1n) is 9.05. The van der Waals surface area contributed by atoms with Crippen LogP contribution < -0.4 is 0 Å².